The van der Waals surface area contributed by atoms with Gasteiger partial charge < -0.3 is 9.47 Å². The van der Waals surface area contributed by atoms with Crippen molar-refractivity contribution in [2.24, 2.45) is 0 Å². The number of benzene rings is 1. The first-order valence-corrected chi connectivity index (χ1v) is 9.69. The molecule has 0 fully saturated rings. The number of rotatable bonds is 13. The number of ether oxygens (including phenoxy) is 2. The standard InChI is InChI=1S/C21H34O3/c1-3-5-7-9-10-12-18-23-21(22)24-20-16-14-19(15-17-20)13-11-8-6-4-2/h14-17H,3-13,18H2,1-2H3. The normalized spacial score (nSPS) is 10.6. The number of carbonyl (C=O) groups excluding carboxylic acids is 1. The van der Waals surface area contributed by atoms with Crippen LogP contribution in [0.5, 0.6) is 5.75 Å². The Hall–Kier alpha value is -1.51. The van der Waals surface area contributed by atoms with Crippen LogP contribution >= 0.6 is 0 Å². The van der Waals surface area contributed by atoms with E-state index in [-0.39, 0.29) is 0 Å². The molecule has 1 aromatic carbocycles. The Labute approximate surface area is 147 Å². The molecule has 0 aromatic heterocycles. The highest BCUT2D eigenvalue weighted by Gasteiger charge is 2.05. The summed E-state index contributed by atoms with van der Waals surface area (Å²) in [6.45, 7) is 4.87. The van der Waals surface area contributed by atoms with Crippen LogP contribution in [-0.2, 0) is 11.2 Å². The van der Waals surface area contributed by atoms with Gasteiger partial charge in [-0.2, -0.15) is 0 Å². The van der Waals surface area contributed by atoms with Crippen molar-refractivity contribution in [2.75, 3.05) is 6.61 Å². The molecule has 0 aliphatic heterocycles. The number of unbranched alkanes of at least 4 members (excludes halogenated alkanes) is 8. The van der Waals surface area contributed by atoms with Gasteiger partial charge in [-0.3, -0.25) is 0 Å². The van der Waals surface area contributed by atoms with E-state index in [1.165, 1.54) is 56.9 Å². The summed E-state index contributed by atoms with van der Waals surface area (Å²) < 4.78 is 10.3. The van der Waals surface area contributed by atoms with Crippen molar-refractivity contribution in [3.05, 3.63) is 29.8 Å². The average Bonchev–Trinajstić information content (AvgIpc) is 2.59. The molecular weight excluding hydrogens is 300 g/mol. The van der Waals surface area contributed by atoms with E-state index in [0.717, 1.165) is 19.3 Å². The highest BCUT2D eigenvalue weighted by Crippen LogP contribution is 2.15. The highest BCUT2D eigenvalue weighted by atomic mass is 16.7. The van der Waals surface area contributed by atoms with Crippen molar-refractivity contribution >= 4 is 6.16 Å². The second-order valence-corrected chi connectivity index (χ2v) is 6.42. The van der Waals surface area contributed by atoms with Crippen LogP contribution in [0.1, 0.15) is 83.6 Å². The zero-order valence-electron chi connectivity index (χ0n) is 15.5. The largest absolute Gasteiger partial charge is 0.513 e. The third-order valence-corrected chi connectivity index (χ3v) is 4.16. The van der Waals surface area contributed by atoms with Crippen LogP contribution in [0, 0.1) is 0 Å². The fraction of sp³-hybridized carbons (Fsp3) is 0.667. The quantitative estimate of drug-likeness (QED) is 0.229. The van der Waals surface area contributed by atoms with E-state index in [0.29, 0.717) is 12.4 Å². The summed E-state index contributed by atoms with van der Waals surface area (Å²) in [5, 5.41) is 0. The van der Waals surface area contributed by atoms with Crippen LogP contribution in [0.25, 0.3) is 0 Å². The van der Waals surface area contributed by atoms with E-state index in [2.05, 4.69) is 13.8 Å². The Bertz CT molecular complexity index is 425. The molecule has 136 valence electrons. The van der Waals surface area contributed by atoms with Crippen LogP contribution < -0.4 is 4.74 Å². The molecule has 0 spiro atoms. The Kier molecular flexibility index (Phi) is 11.9. The molecule has 3 heteroatoms. The fourth-order valence-electron chi connectivity index (χ4n) is 2.64. The van der Waals surface area contributed by atoms with Gasteiger partial charge >= 0.3 is 6.16 Å². The van der Waals surface area contributed by atoms with Crippen LogP contribution in [0.15, 0.2) is 24.3 Å². The lowest BCUT2D eigenvalue weighted by Gasteiger charge is -2.07. The minimum atomic E-state index is -0.598. The fourth-order valence-corrected chi connectivity index (χ4v) is 2.64. The molecule has 0 saturated heterocycles. The first-order valence-electron chi connectivity index (χ1n) is 9.69. The molecule has 0 amide bonds. The second kappa shape index (κ2) is 13.9. The topological polar surface area (TPSA) is 35.5 Å². The number of carbonyl (C=O) groups is 1. The molecule has 0 aliphatic carbocycles. The molecule has 0 aliphatic rings. The average molecular weight is 335 g/mol. The maximum Gasteiger partial charge on any atom is 0.513 e. The van der Waals surface area contributed by atoms with Crippen molar-refractivity contribution in [3.63, 3.8) is 0 Å². The van der Waals surface area contributed by atoms with Crippen LogP contribution in [0.3, 0.4) is 0 Å². The summed E-state index contributed by atoms with van der Waals surface area (Å²) >= 11 is 0. The lowest BCUT2D eigenvalue weighted by Crippen LogP contribution is -2.11. The number of hydrogen-bond acceptors (Lipinski definition) is 3. The van der Waals surface area contributed by atoms with Gasteiger partial charge in [0, 0.05) is 0 Å². The Morgan fingerprint density at radius 3 is 2.04 bits per heavy atom. The zero-order chi connectivity index (χ0) is 17.5. The van der Waals surface area contributed by atoms with Gasteiger partial charge in [0.1, 0.15) is 5.75 Å². The third kappa shape index (κ3) is 10.3. The maximum absolute atomic E-state index is 11.6. The van der Waals surface area contributed by atoms with Gasteiger partial charge in [-0.1, -0.05) is 77.3 Å². The van der Waals surface area contributed by atoms with Crippen LogP contribution in [0.4, 0.5) is 4.79 Å². The summed E-state index contributed by atoms with van der Waals surface area (Å²) in [5.41, 5.74) is 1.29. The SMILES string of the molecule is CCCCCCCCOC(=O)Oc1ccc(CCCCCC)cc1. The monoisotopic (exact) mass is 334 g/mol. The molecular formula is C21H34O3. The summed E-state index contributed by atoms with van der Waals surface area (Å²) in [4.78, 5) is 11.6. The number of hydrogen-bond donors (Lipinski definition) is 0. The van der Waals surface area contributed by atoms with Crippen molar-refractivity contribution in [2.45, 2.75) is 84.5 Å². The minimum absolute atomic E-state index is 0.445. The van der Waals surface area contributed by atoms with Crippen molar-refractivity contribution in [3.8, 4) is 5.75 Å². The number of aryl methyl sites for hydroxylation is 1. The van der Waals surface area contributed by atoms with Crippen molar-refractivity contribution in [1.29, 1.82) is 0 Å². The molecule has 1 aromatic rings. The molecule has 0 radical (unpaired) electrons. The summed E-state index contributed by atoms with van der Waals surface area (Å²) in [6, 6.07) is 7.76. The van der Waals surface area contributed by atoms with Crippen LogP contribution in [0.2, 0.25) is 0 Å². The first-order chi connectivity index (χ1) is 11.8. The lowest BCUT2D eigenvalue weighted by molar-refractivity contribution is 0.0973. The van der Waals surface area contributed by atoms with Gasteiger partial charge in [0.2, 0.25) is 0 Å². The zero-order valence-corrected chi connectivity index (χ0v) is 15.5. The molecule has 0 N–H and O–H groups in total. The molecule has 0 saturated carbocycles. The maximum atomic E-state index is 11.6. The lowest BCUT2D eigenvalue weighted by atomic mass is 10.1. The summed E-state index contributed by atoms with van der Waals surface area (Å²) in [5.74, 6) is 0.556. The Balaban J connectivity index is 2.13. The van der Waals surface area contributed by atoms with E-state index >= 15 is 0 Å². The minimum Gasteiger partial charge on any atom is -0.434 e. The van der Waals surface area contributed by atoms with E-state index in [4.69, 9.17) is 9.47 Å². The van der Waals surface area contributed by atoms with Gasteiger partial charge in [-0.05, 0) is 37.0 Å². The van der Waals surface area contributed by atoms with Gasteiger partial charge in [0.25, 0.3) is 0 Å². The highest BCUT2D eigenvalue weighted by molar-refractivity contribution is 5.63. The molecule has 0 unspecified atom stereocenters. The third-order valence-electron chi connectivity index (χ3n) is 4.16. The van der Waals surface area contributed by atoms with E-state index in [9.17, 15) is 4.79 Å². The van der Waals surface area contributed by atoms with E-state index < -0.39 is 6.16 Å². The summed E-state index contributed by atoms with van der Waals surface area (Å²) in [6.07, 6.45) is 12.6. The van der Waals surface area contributed by atoms with Gasteiger partial charge in [-0.15, -0.1) is 0 Å². The van der Waals surface area contributed by atoms with Crippen LogP contribution in [-0.4, -0.2) is 12.8 Å². The Morgan fingerprint density at radius 2 is 1.38 bits per heavy atom. The molecule has 0 bridgehead atoms. The molecule has 1 rings (SSSR count). The molecule has 0 atom stereocenters. The van der Waals surface area contributed by atoms with Gasteiger partial charge in [0.15, 0.2) is 0 Å². The molecule has 24 heavy (non-hydrogen) atoms. The molecule has 0 heterocycles. The summed E-state index contributed by atoms with van der Waals surface area (Å²) in [7, 11) is 0. The van der Waals surface area contributed by atoms with E-state index in [1.54, 1.807) is 0 Å². The van der Waals surface area contributed by atoms with Gasteiger partial charge in [0.05, 0.1) is 6.61 Å². The van der Waals surface area contributed by atoms with Crippen molar-refractivity contribution < 1.29 is 14.3 Å². The first kappa shape index (κ1) is 20.5. The predicted molar refractivity (Wildman–Crippen MR) is 99.6 cm³/mol. The van der Waals surface area contributed by atoms with E-state index in [1.807, 2.05) is 24.3 Å². The van der Waals surface area contributed by atoms with Crippen molar-refractivity contribution in [1.82, 2.24) is 0 Å². The van der Waals surface area contributed by atoms with Gasteiger partial charge in [-0.25, -0.2) is 4.79 Å². The second-order valence-electron chi connectivity index (χ2n) is 6.42. The smallest absolute Gasteiger partial charge is 0.434 e. The Morgan fingerprint density at radius 1 is 0.792 bits per heavy atom. The molecule has 3 nitrogen and oxygen atoms in total. The predicted octanol–water partition coefficient (Wildman–Crippen LogP) is 6.69.